The van der Waals surface area contributed by atoms with E-state index in [0.29, 0.717) is 24.3 Å². The topological polar surface area (TPSA) is 78.4 Å². The highest BCUT2D eigenvalue weighted by atomic mass is 16.2. The van der Waals surface area contributed by atoms with Crippen LogP contribution in [0.25, 0.3) is 11.0 Å². The van der Waals surface area contributed by atoms with Gasteiger partial charge >= 0.3 is 6.03 Å². The molecule has 26 heavy (non-hydrogen) atoms. The lowest BCUT2D eigenvalue weighted by atomic mass is 10.2. The summed E-state index contributed by atoms with van der Waals surface area (Å²) in [5, 5.41) is 2.82. The highest BCUT2D eigenvalue weighted by Crippen LogP contribution is 2.20. The third-order valence-electron chi connectivity index (χ3n) is 4.25. The second-order valence-electron chi connectivity index (χ2n) is 6.00. The Morgan fingerprint density at radius 3 is 2.58 bits per heavy atom. The van der Waals surface area contributed by atoms with Crippen molar-refractivity contribution in [3.05, 3.63) is 60.9 Å². The van der Waals surface area contributed by atoms with Gasteiger partial charge in [0.05, 0.1) is 11.0 Å². The monoisotopic (exact) mass is 347 g/mol. The van der Waals surface area contributed by atoms with E-state index in [9.17, 15) is 9.59 Å². The molecule has 0 unspecified atom stereocenters. The number of nitrogens with one attached hydrogen (secondary N) is 1. The molecule has 0 aliphatic carbocycles. The first-order valence-corrected chi connectivity index (χ1v) is 8.33. The molecule has 3 amide bonds. The van der Waals surface area contributed by atoms with Crippen LogP contribution in [0.2, 0.25) is 0 Å². The molecule has 2 aromatic carbocycles. The Bertz CT molecular complexity index is 960. The minimum absolute atomic E-state index is 0.0146. The van der Waals surface area contributed by atoms with Gasteiger partial charge in [-0.15, -0.1) is 0 Å². The Balaban J connectivity index is 1.41. The zero-order valence-corrected chi connectivity index (χ0v) is 14.0. The van der Waals surface area contributed by atoms with Crippen LogP contribution in [0, 0.1) is 0 Å². The van der Waals surface area contributed by atoms with Crippen LogP contribution in [0.15, 0.2) is 60.9 Å². The Hall–Kier alpha value is -3.48. The maximum Gasteiger partial charge on any atom is 0.325 e. The summed E-state index contributed by atoms with van der Waals surface area (Å²) in [5.74, 6) is -0.239. The van der Waals surface area contributed by atoms with Gasteiger partial charge in [0.1, 0.15) is 6.54 Å². The van der Waals surface area contributed by atoms with E-state index in [0.717, 1.165) is 11.2 Å². The van der Waals surface area contributed by atoms with Crippen molar-refractivity contribution in [1.82, 2.24) is 14.9 Å². The standard InChI is InChI=1S/C19H17N5O2/c25-18(22-14-6-7-16-17(12-14)21-9-8-20-16)13-23-10-11-24(19(23)26)15-4-2-1-3-5-15/h1-9,12H,10-11,13H2,(H,22,25). The van der Waals surface area contributed by atoms with Gasteiger partial charge in [0.25, 0.3) is 0 Å². The number of carbonyl (C=O) groups excluding carboxylic acids is 2. The smallest absolute Gasteiger partial charge is 0.324 e. The number of benzene rings is 2. The number of urea groups is 1. The number of anilines is 2. The first-order chi connectivity index (χ1) is 12.7. The molecule has 1 aliphatic rings. The Morgan fingerprint density at radius 1 is 1.00 bits per heavy atom. The van der Waals surface area contributed by atoms with Crippen molar-refractivity contribution in [2.45, 2.75) is 0 Å². The average Bonchev–Trinajstić information content (AvgIpc) is 3.02. The summed E-state index contributed by atoms with van der Waals surface area (Å²) in [5.41, 5.74) is 2.94. The van der Waals surface area contributed by atoms with Crippen molar-refractivity contribution in [3.63, 3.8) is 0 Å². The summed E-state index contributed by atoms with van der Waals surface area (Å²) >= 11 is 0. The predicted octanol–water partition coefficient (Wildman–Crippen LogP) is 2.51. The van der Waals surface area contributed by atoms with Crippen LogP contribution in [-0.4, -0.2) is 46.4 Å². The first-order valence-electron chi connectivity index (χ1n) is 8.33. The number of carbonyl (C=O) groups is 2. The van der Waals surface area contributed by atoms with E-state index in [-0.39, 0.29) is 18.5 Å². The van der Waals surface area contributed by atoms with Crippen LogP contribution in [0.4, 0.5) is 16.2 Å². The molecule has 1 fully saturated rings. The van der Waals surface area contributed by atoms with Crippen LogP contribution in [-0.2, 0) is 4.79 Å². The van der Waals surface area contributed by atoms with Gasteiger partial charge in [-0.2, -0.15) is 0 Å². The van der Waals surface area contributed by atoms with Crippen LogP contribution < -0.4 is 10.2 Å². The van der Waals surface area contributed by atoms with Crippen LogP contribution in [0.3, 0.4) is 0 Å². The number of rotatable bonds is 4. The van der Waals surface area contributed by atoms with Crippen molar-refractivity contribution in [1.29, 1.82) is 0 Å². The quantitative estimate of drug-likeness (QED) is 0.786. The molecule has 1 N–H and O–H groups in total. The van der Waals surface area contributed by atoms with E-state index in [1.54, 1.807) is 40.4 Å². The summed E-state index contributed by atoms with van der Waals surface area (Å²) in [6, 6.07) is 14.6. The molecule has 130 valence electrons. The number of nitrogens with zero attached hydrogens (tertiary/aromatic N) is 4. The van der Waals surface area contributed by atoms with Gasteiger partial charge < -0.3 is 10.2 Å². The van der Waals surface area contributed by atoms with Crippen LogP contribution in [0.5, 0.6) is 0 Å². The zero-order chi connectivity index (χ0) is 17.9. The predicted molar refractivity (Wildman–Crippen MR) is 98.9 cm³/mol. The molecule has 7 nitrogen and oxygen atoms in total. The summed E-state index contributed by atoms with van der Waals surface area (Å²) in [6.45, 7) is 1.10. The van der Waals surface area contributed by atoms with Crippen molar-refractivity contribution < 1.29 is 9.59 Å². The normalized spacial score (nSPS) is 14.1. The number of aromatic nitrogens is 2. The lowest BCUT2D eigenvalue weighted by Gasteiger charge is -2.18. The largest absolute Gasteiger partial charge is 0.325 e. The summed E-state index contributed by atoms with van der Waals surface area (Å²) < 4.78 is 0. The van der Waals surface area contributed by atoms with E-state index < -0.39 is 0 Å². The Kier molecular flexibility index (Phi) is 4.18. The minimum atomic E-state index is -0.239. The van der Waals surface area contributed by atoms with Gasteiger partial charge in [-0.3, -0.25) is 19.7 Å². The lowest BCUT2D eigenvalue weighted by Crippen LogP contribution is -2.37. The van der Waals surface area contributed by atoms with E-state index in [1.807, 2.05) is 30.3 Å². The van der Waals surface area contributed by atoms with Gasteiger partial charge in [-0.1, -0.05) is 18.2 Å². The molecular weight excluding hydrogens is 330 g/mol. The number of para-hydroxylation sites is 1. The van der Waals surface area contributed by atoms with Gasteiger partial charge in [0.2, 0.25) is 5.91 Å². The molecule has 1 saturated heterocycles. The van der Waals surface area contributed by atoms with Gasteiger partial charge in [-0.05, 0) is 30.3 Å². The molecular formula is C19H17N5O2. The minimum Gasteiger partial charge on any atom is -0.324 e. The number of hydrogen-bond donors (Lipinski definition) is 1. The molecule has 3 aromatic rings. The maximum absolute atomic E-state index is 12.5. The molecule has 0 spiro atoms. The summed E-state index contributed by atoms with van der Waals surface area (Å²) in [7, 11) is 0. The Morgan fingerprint density at radius 2 is 1.77 bits per heavy atom. The summed E-state index contributed by atoms with van der Waals surface area (Å²) in [6.07, 6.45) is 3.23. The lowest BCUT2D eigenvalue weighted by molar-refractivity contribution is -0.116. The number of hydrogen-bond acceptors (Lipinski definition) is 4. The van der Waals surface area contributed by atoms with Gasteiger partial charge in [0, 0.05) is 36.9 Å². The van der Waals surface area contributed by atoms with Crippen molar-refractivity contribution in [2.24, 2.45) is 0 Å². The van der Waals surface area contributed by atoms with Gasteiger partial charge in [-0.25, -0.2) is 4.79 Å². The highest BCUT2D eigenvalue weighted by Gasteiger charge is 2.30. The fourth-order valence-corrected chi connectivity index (χ4v) is 2.99. The van der Waals surface area contributed by atoms with Crippen molar-refractivity contribution >= 4 is 34.3 Å². The maximum atomic E-state index is 12.5. The molecule has 0 atom stereocenters. The fraction of sp³-hybridized carbons (Fsp3) is 0.158. The second-order valence-corrected chi connectivity index (χ2v) is 6.00. The number of fused-ring (bicyclic) bond motifs is 1. The zero-order valence-electron chi connectivity index (χ0n) is 14.0. The Labute approximate surface area is 150 Å². The molecule has 7 heteroatoms. The second kappa shape index (κ2) is 6.79. The molecule has 4 rings (SSSR count). The van der Waals surface area contributed by atoms with E-state index in [1.165, 1.54) is 0 Å². The molecule has 0 radical (unpaired) electrons. The van der Waals surface area contributed by atoms with Crippen molar-refractivity contribution in [3.8, 4) is 0 Å². The molecule has 0 saturated carbocycles. The third kappa shape index (κ3) is 3.19. The fourth-order valence-electron chi connectivity index (χ4n) is 2.99. The molecule has 1 aliphatic heterocycles. The van der Waals surface area contributed by atoms with E-state index in [4.69, 9.17) is 0 Å². The van der Waals surface area contributed by atoms with E-state index >= 15 is 0 Å². The first kappa shape index (κ1) is 16.0. The van der Waals surface area contributed by atoms with Gasteiger partial charge in [0.15, 0.2) is 0 Å². The van der Waals surface area contributed by atoms with Crippen molar-refractivity contribution in [2.75, 3.05) is 29.9 Å². The molecule has 1 aromatic heterocycles. The van der Waals surface area contributed by atoms with E-state index in [2.05, 4.69) is 15.3 Å². The molecule has 2 heterocycles. The third-order valence-corrected chi connectivity index (χ3v) is 4.25. The van der Waals surface area contributed by atoms with Crippen LogP contribution in [0.1, 0.15) is 0 Å². The summed E-state index contributed by atoms with van der Waals surface area (Å²) in [4.78, 5) is 36.5. The SMILES string of the molecule is O=C(CN1CCN(c2ccccc2)C1=O)Nc1ccc2nccnc2c1. The highest BCUT2D eigenvalue weighted by molar-refractivity contribution is 5.99. The van der Waals surface area contributed by atoms with Crippen LogP contribution >= 0.6 is 0 Å². The number of amides is 3. The molecule has 0 bridgehead atoms. The average molecular weight is 347 g/mol.